The molecule has 0 unspecified atom stereocenters. The SMILES string of the molecule is c1ccc(-c2ccc3oc4cccc(N(c5cccc(C6(c7ccccc7)c7ccccc7-c7ccccc76)c5)c5ccccc5-c5ccccc5-c5c6ccccc6cc6ccccc56)c4c3c2)cc1. The standard InChI is InChI=1S/C69H45NO/c1-3-21-46(22-4-1)47-41-42-65-60(44-47)68-64(39-20-40-66(68)71-65)70(52-28-19-27-51(45-52)69(50-25-5-2-6-26-50)61-36-16-13-32-56(61)57-33-14-17-37-62(57)69)63-38-18-15-34-58(63)55-31-11-12-35-59(55)67-53-29-9-7-23-48(53)43-49-24-8-10-30-54(49)67/h1-45H. The maximum absolute atomic E-state index is 6.81. The highest BCUT2D eigenvalue weighted by Gasteiger charge is 2.46. The molecule has 0 radical (unpaired) electrons. The molecule has 12 aromatic carbocycles. The van der Waals surface area contributed by atoms with Gasteiger partial charge >= 0.3 is 0 Å². The van der Waals surface area contributed by atoms with Crippen LogP contribution >= 0.6 is 0 Å². The molecule has 0 atom stereocenters. The number of benzene rings is 12. The Kier molecular flexibility index (Phi) is 9.47. The van der Waals surface area contributed by atoms with Crippen molar-refractivity contribution in [2.45, 2.75) is 5.41 Å². The average Bonchev–Trinajstić information content (AvgIpc) is 3.97. The van der Waals surface area contributed by atoms with Gasteiger partial charge in [0.05, 0.1) is 22.2 Å². The predicted octanol–water partition coefficient (Wildman–Crippen LogP) is 18.7. The van der Waals surface area contributed by atoms with Crippen molar-refractivity contribution in [3.05, 3.63) is 295 Å². The van der Waals surface area contributed by atoms with Crippen LogP contribution in [0.2, 0.25) is 0 Å². The lowest BCUT2D eigenvalue weighted by molar-refractivity contribution is 0.669. The van der Waals surface area contributed by atoms with E-state index in [2.05, 4.69) is 278 Å². The Morgan fingerprint density at radius 3 is 1.58 bits per heavy atom. The number of hydrogen-bond donors (Lipinski definition) is 0. The first kappa shape index (κ1) is 40.8. The molecule has 1 aliphatic carbocycles. The van der Waals surface area contributed by atoms with Gasteiger partial charge in [-0.05, 0) is 131 Å². The Bertz CT molecular complexity index is 4090. The number of fused-ring (bicyclic) bond motifs is 8. The quantitative estimate of drug-likeness (QED) is 0.141. The summed E-state index contributed by atoms with van der Waals surface area (Å²) in [4.78, 5) is 2.49. The van der Waals surface area contributed by atoms with E-state index in [4.69, 9.17) is 4.42 Å². The van der Waals surface area contributed by atoms with Gasteiger partial charge in [0.15, 0.2) is 0 Å². The molecular weight excluding hydrogens is 859 g/mol. The molecule has 1 aliphatic rings. The summed E-state index contributed by atoms with van der Waals surface area (Å²) in [6, 6.07) is 100. The Morgan fingerprint density at radius 2 is 0.859 bits per heavy atom. The summed E-state index contributed by atoms with van der Waals surface area (Å²) >= 11 is 0. The van der Waals surface area contributed by atoms with E-state index in [1.54, 1.807) is 0 Å². The molecule has 332 valence electrons. The molecule has 0 saturated heterocycles. The van der Waals surface area contributed by atoms with Gasteiger partial charge in [0.1, 0.15) is 11.2 Å². The van der Waals surface area contributed by atoms with Gasteiger partial charge in [-0.3, -0.25) is 0 Å². The lowest BCUT2D eigenvalue weighted by Gasteiger charge is -2.35. The highest BCUT2D eigenvalue weighted by atomic mass is 16.3. The lowest BCUT2D eigenvalue weighted by atomic mass is 9.67. The van der Waals surface area contributed by atoms with Crippen molar-refractivity contribution in [2.24, 2.45) is 0 Å². The van der Waals surface area contributed by atoms with E-state index in [9.17, 15) is 0 Å². The molecule has 71 heavy (non-hydrogen) atoms. The van der Waals surface area contributed by atoms with Gasteiger partial charge in [-0.1, -0.05) is 224 Å². The van der Waals surface area contributed by atoms with Gasteiger partial charge in [0.2, 0.25) is 0 Å². The van der Waals surface area contributed by atoms with Crippen LogP contribution < -0.4 is 4.90 Å². The summed E-state index contributed by atoms with van der Waals surface area (Å²) in [5.41, 5.74) is 18.8. The van der Waals surface area contributed by atoms with Crippen molar-refractivity contribution in [3.8, 4) is 44.5 Å². The lowest BCUT2D eigenvalue weighted by Crippen LogP contribution is -2.28. The van der Waals surface area contributed by atoms with E-state index in [0.29, 0.717) is 0 Å². The normalized spacial score (nSPS) is 12.6. The number of para-hydroxylation sites is 1. The maximum atomic E-state index is 6.81. The highest BCUT2D eigenvalue weighted by Crippen LogP contribution is 2.57. The zero-order valence-corrected chi connectivity index (χ0v) is 38.8. The van der Waals surface area contributed by atoms with Gasteiger partial charge < -0.3 is 9.32 Å². The predicted molar refractivity (Wildman–Crippen MR) is 297 cm³/mol. The zero-order chi connectivity index (χ0) is 46.9. The summed E-state index contributed by atoms with van der Waals surface area (Å²) in [7, 11) is 0. The number of furan rings is 1. The number of nitrogens with zero attached hydrogens (tertiary/aromatic N) is 1. The highest BCUT2D eigenvalue weighted by molar-refractivity contribution is 6.17. The van der Waals surface area contributed by atoms with Crippen LogP contribution in [-0.2, 0) is 5.41 Å². The van der Waals surface area contributed by atoms with E-state index >= 15 is 0 Å². The minimum atomic E-state index is -0.587. The van der Waals surface area contributed by atoms with E-state index in [1.165, 1.54) is 66.1 Å². The first-order valence-electron chi connectivity index (χ1n) is 24.5. The van der Waals surface area contributed by atoms with Gasteiger partial charge in [-0.15, -0.1) is 0 Å². The molecule has 0 N–H and O–H groups in total. The third kappa shape index (κ3) is 6.35. The minimum Gasteiger partial charge on any atom is -0.456 e. The van der Waals surface area contributed by atoms with Crippen LogP contribution in [0.5, 0.6) is 0 Å². The summed E-state index contributed by atoms with van der Waals surface area (Å²) in [5, 5.41) is 7.03. The fourth-order valence-electron chi connectivity index (χ4n) is 11.9. The molecule has 13 aromatic rings. The molecule has 0 saturated carbocycles. The van der Waals surface area contributed by atoms with Crippen LogP contribution in [0.3, 0.4) is 0 Å². The summed E-state index contributed by atoms with van der Waals surface area (Å²) < 4.78 is 6.81. The van der Waals surface area contributed by atoms with Crippen molar-refractivity contribution in [1.29, 1.82) is 0 Å². The van der Waals surface area contributed by atoms with Crippen molar-refractivity contribution in [2.75, 3.05) is 4.90 Å². The van der Waals surface area contributed by atoms with Gasteiger partial charge in [0.25, 0.3) is 0 Å². The fraction of sp³-hybridized carbons (Fsp3) is 0.0145. The molecule has 0 amide bonds. The monoisotopic (exact) mass is 903 g/mol. The van der Waals surface area contributed by atoms with Gasteiger partial charge in [-0.2, -0.15) is 0 Å². The minimum absolute atomic E-state index is 0.587. The van der Waals surface area contributed by atoms with Crippen LogP contribution in [0.1, 0.15) is 22.3 Å². The van der Waals surface area contributed by atoms with Gasteiger partial charge in [-0.25, -0.2) is 0 Å². The number of anilines is 3. The second-order valence-electron chi connectivity index (χ2n) is 18.7. The number of hydrogen-bond acceptors (Lipinski definition) is 2. The smallest absolute Gasteiger partial charge is 0.137 e. The Hall–Kier alpha value is -9.24. The second-order valence-corrected chi connectivity index (χ2v) is 18.7. The molecule has 1 heterocycles. The van der Waals surface area contributed by atoms with Crippen LogP contribution in [-0.4, -0.2) is 0 Å². The van der Waals surface area contributed by atoms with Crippen LogP contribution in [0, 0.1) is 0 Å². The van der Waals surface area contributed by atoms with Crippen molar-refractivity contribution in [3.63, 3.8) is 0 Å². The molecule has 0 bridgehead atoms. The topological polar surface area (TPSA) is 16.4 Å². The van der Waals surface area contributed by atoms with Gasteiger partial charge in [0, 0.05) is 16.6 Å². The van der Waals surface area contributed by atoms with Crippen molar-refractivity contribution < 1.29 is 4.42 Å². The van der Waals surface area contributed by atoms with Crippen LogP contribution in [0.25, 0.3) is 88.0 Å². The molecule has 2 nitrogen and oxygen atoms in total. The third-order valence-electron chi connectivity index (χ3n) is 14.9. The fourth-order valence-corrected chi connectivity index (χ4v) is 11.9. The molecule has 0 aliphatic heterocycles. The first-order chi connectivity index (χ1) is 35.2. The van der Waals surface area contributed by atoms with E-state index in [1.807, 2.05) is 0 Å². The second kappa shape index (κ2) is 16.5. The zero-order valence-electron chi connectivity index (χ0n) is 38.8. The molecule has 0 fully saturated rings. The molecule has 2 heteroatoms. The van der Waals surface area contributed by atoms with E-state index < -0.39 is 5.41 Å². The van der Waals surface area contributed by atoms with E-state index in [-0.39, 0.29) is 0 Å². The van der Waals surface area contributed by atoms with Crippen molar-refractivity contribution >= 4 is 60.5 Å². The Morgan fingerprint density at radius 1 is 0.310 bits per heavy atom. The Labute approximate surface area is 413 Å². The maximum Gasteiger partial charge on any atom is 0.137 e. The van der Waals surface area contributed by atoms with Crippen molar-refractivity contribution in [1.82, 2.24) is 0 Å². The van der Waals surface area contributed by atoms with Crippen LogP contribution in [0.4, 0.5) is 17.1 Å². The molecule has 14 rings (SSSR count). The summed E-state index contributed by atoms with van der Waals surface area (Å²) in [5.74, 6) is 0. The Balaban J connectivity index is 1.07. The molecule has 1 aromatic heterocycles. The summed E-state index contributed by atoms with van der Waals surface area (Å²) in [6.07, 6.45) is 0. The number of rotatable bonds is 8. The average molecular weight is 904 g/mol. The molecule has 0 spiro atoms. The first-order valence-corrected chi connectivity index (χ1v) is 24.5. The van der Waals surface area contributed by atoms with E-state index in [0.717, 1.165) is 61.3 Å². The molecular formula is C69H45NO. The summed E-state index contributed by atoms with van der Waals surface area (Å²) in [6.45, 7) is 0. The largest absolute Gasteiger partial charge is 0.456 e. The third-order valence-corrected chi connectivity index (χ3v) is 14.9. The van der Waals surface area contributed by atoms with Crippen LogP contribution in [0.15, 0.2) is 277 Å².